The standard InChI is InChI=1S/C20H29N3O2/c1-13-3-7-17(8-4-13)22-20(25)12-21-14(2)15-5-9-18-16(11-15)6-10-19(24)23-18/h5,9,11,13-14,17,21H,3-4,6-8,10,12H2,1-2H3,(H,22,25)(H,23,24). The molecule has 2 amide bonds. The van der Waals surface area contributed by atoms with Gasteiger partial charge in [0.2, 0.25) is 11.8 Å². The predicted molar refractivity (Wildman–Crippen MR) is 99.4 cm³/mol. The quantitative estimate of drug-likeness (QED) is 0.770. The molecule has 1 aliphatic carbocycles. The summed E-state index contributed by atoms with van der Waals surface area (Å²) in [4.78, 5) is 23.6. The van der Waals surface area contributed by atoms with E-state index in [-0.39, 0.29) is 17.9 Å². The van der Waals surface area contributed by atoms with Gasteiger partial charge in [0, 0.05) is 24.2 Å². The molecule has 3 N–H and O–H groups in total. The molecule has 25 heavy (non-hydrogen) atoms. The van der Waals surface area contributed by atoms with Gasteiger partial charge in [-0.15, -0.1) is 0 Å². The molecule has 1 atom stereocenters. The van der Waals surface area contributed by atoms with Crippen molar-refractivity contribution < 1.29 is 9.59 Å². The van der Waals surface area contributed by atoms with Gasteiger partial charge in [0.05, 0.1) is 6.54 Å². The summed E-state index contributed by atoms with van der Waals surface area (Å²) in [5.74, 6) is 0.955. The Bertz CT molecular complexity index is 636. The number of hydrogen-bond acceptors (Lipinski definition) is 3. The van der Waals surface area contributed by atoms with E-state index in [2.05, 4.69) is 35.9 Å². The average Bonchev–Trinajstić information content (AvgIpc) is 2.61. The van der Waals surface area contributed by atoms with Gasteiger partial charge < -0.3 is 16.0 Å². The molecule has 1 unspecified atom stereocenters. The van der Waals surface area contributed by atoms with Crippen LogP contribution >= 0.6 is 0 Å². The first-order valence-corrected chi connectivity index (χ1v) is 9.46. The summed E-state index contributed by atoms with van der Waals surface area (Å²) in [5.41, 5.74) is 3.23. The van der Waals surface area contributed by atoms with E-state index in [1.165, 1.54) is 18.4 Å². The Morgan fingerprint density at radius 1 is 1.24 bits per heavy atom. The van der Waals surface area contributed by atoms with Crippen LogP contribution in [-0.2, 0) is 16.0 Å². The zero-order valence-electron chi connectivity index (χ0n) is 15.2. The van der Waals surface area contributed by atoms with Crippen molar-refractivity contribution in [1.29, 1.82) is 0 Å². The van der Waals surface area contributed by atoms with Crippen molar-refractivity contribution in [3.63, 3.8) is 0 Å². The summed E-state index contributed by atoms with van der Waals surface area (Å²) in [5, 5.41) is 9.37. The minimum absolute atomic E-state index is 0.0802. The first-order chi connectivity index (χ1) is 12.0. The Morgan fingerprint density at radius 2 is 2.00 bits per heavy atom. The fraction of sp³-hybridized carbons (Fsp3) is 0.600. The zero-order chi connectivity index (χ0) is 17.8. The van der Waals surface area contributed by atoms with Crippen molar-refractivity contribution in [3.8, 4) is 0 Å². The number of amides is 2. The van der Waals surface area contributed by atoms with Crippen LogP contribution in [0.1, 0.15) is 63.1 Å². The molecule has 0 saturated heterocycles. The van der Waals surface area contributed by atoms with Crippen LogP contribution in [0.3, 0.4) is 0 Å². The molecule has 0 bridgehead atoms. The molecule has 1 aliphatic heterocycles. The Labute approximate surface area is 150 Å². The van der Waals surface area contributed by atoms with E-state index in [0.29, 0.717) is 19.0 Å². The smallest absolute Gasteiger partial charge is 0.234 e. The van der Waals surface area contributed by atoms with E-state index >= 15 is 0 Å². The molecule has 0 spiro atoms. The van der Waals surface area contributed by atoms with E-state index < -0.39 is 0 Å². The number of carbonyl (C=O) groups excluding carboxylic acids is 2. The SMILES string of the molecule is CC1CCC(NC(=O)CNC(C)c2ccc3c(c2)CCC(=O)N3)CC1. The Kier molecular flexibility index (Phi) is 5.74. The van der Waals surface area contributed by atoms with Crippen molar-refractivity contribution in [2.45, 2.75) is 64.5 Å². The lowest BCUT2D eigenvalue weighted by atomic mass is 9.87. The third-order valence-corrected chi connectivity index (χ3v) is 5.47. The molecule has 1 aromatic rings. The van der Waals surface area contributed by atoms with Crippen LogP contribution in [0.4, 0.5) is 5.69 Å². The number of aryl methyl sites for hydroxylation is 1. The molecule has 5 heteroatoms. The maximum absolute atomic E-state index is 12.2. The molecule has 0 aromatic heterocycles. The minimum Gasteiger partial charge on any atom is -0.352 e. The summed E-state index contributed by atoms with van der Waals surface area (Å²) >= 11 is 0. The van der Waals surface area contributed by atoms with Crippen molar-refractivity contribution in [1.82, 2.24) is 10.6 Å². The summed E-state index contributed by atoms with van der Waals surface area (Å²) in [6.07, 6.45) is 5.93. The molecule has 1 heterocycles. The Balaban J connectivity index is 1.48. The van der Waals surface area contributed by atoms with E-state index in [4.69, 9.17) is 0 Å². The lowest BCUT2D eigenvalue weighted by Crippen LogP contribution is -2.42. The third-order valence-electron chi connectivity index (χ3n) is 5.47. The highest BCUT2D eigenvalue weighted by atomic mass is 16.2. The van der Waals surface area contributed by atoms with Crippen molar-refractivity contribution in [2.75, 3.05) is 11.9 Å². The summed E-state index contributed by atoms with van der Waals surface area (Å²) in [6, 6.07) is 6.55. The number of nitrogens with one attached hydrogen (secondary N) is 3. The van der Waals surface area contributed by atoms with Crippen LogP contribution in [0.25, 0.3) is 0 Å². The molecule has 0 radical (unpaired) electrons. The molecule has 1 fully saturated rings. The van der Waals surface area contributed by atoms with Crippen LogP contribution in [-0.4, -0.2) is 24.4 Å². The molecule has 1 saturated carbocycles. The second kappa shape index (κ2) is 8.00. The zero-order valence-corrected chi connectivity index (χ0v) is 15.2. The van der Waals surface area contributed by atoms with E-state index in [9.17, 15) is 9.59 Å². The van der Waals surface area contributed by atoms with E-state index in [1.807, 2.05) is 12.1 Å². The predicted octanol–water partition coefficient (Wildman–Crippen LogP) is 2.92. The highest BCUT2D eigenvalue weighted by Gasteiger charge is 2.20. The lowest BCUT2D eigenvalue weighted by Gasteiger charge is -2.27. The molecule has 136 valence electrons. The van der Waals surface area contributed by atoms with Crippen LogP contribution < -0.4 is 16.0 Å². The number of carbonyl (C=O) groups is 2. The van der Waals surface area contributed by atoms with E-state index in [1.54, 1.807) is 0 Å². The maximum Gasteiger partial charge on any atom is 0.234 e. The van der Waals surface area contributed by atoms with Gasteiger partial charge in [0.1, 0.15) is 0 Å². The van der Waals surface area contributed by atoms with Crippen molar-refractivity contribution in [3.05, 3.63) is 29.3 Å². The van der Waals surface area contributed by atoms with Gasteiger partial charge in [-0.05, 0) is 62.1 Å². The minimum atomic E-state index is 0.0802. The topological polar surface area (TPSA) is 70.2 Å². The van der Waals surface area contributed by atoms with Gasteiger partial charge in [-0.1, -0.05) is 19.1 Å². The van der Waals surface area contributed by atoms with E-state index in [0.717, 1.165) is 36.4 Å². The number of hydrogen-bond donors (Lipinski definition) is 3. The molecule has 3 rings (SSSR count). The number of rotatable bonds is 5. The second-order valence-corrected chi connectivity index (χ2v) is 7.59. The first kappa shape index (κ1) is 17.9. The van der Waals surface area contributed by atoms with Gasteiger partial charge >= 0.3 is 0 Å². The third kappa shape index (κ3) is 4.82. The Hall–Kier alpha value is -1.88. The number of anilines is 1. The fourth-order valence-corrected chi connectivity index (χ4v) is 3.72. The van der Waals surface area contributed by atoms with Crippen LogP contribution in [0.15, 0.2) is 18.2 Å². The number of fused-ring (bicyclic) bond motifs is 1. The second-order valence-electron chi connectivity index (χ2n) is 7.59. The maximum atomic E-state index is 12.2. The molecule has 1 aromatic carbocycles. The molecule has 5 nitrogen and oxygen atoms in total. The molecular formula is C20H29N3O2. The monoisotopic (exact) mass is 343 g/mol. The van der Waals surface area contributed by atoms with Crippen molar-refractivity contribution >= 4 is 17.5 Å². The van der Waals surface area contributed by atoms with Gasteiger partial charge in [0.15, 0.2) is 0 Å². The van der Waals surface area contributed by atoms with Gasteiger partial charge in [-0.2, -0.15) is 0 Å². The van der Waals surface area contributed by atoms with Crippen molar-refractivity contribution in [2.24, 2.45) is 5.92 Å². The number of benzene rings is 1. The Morgan fingerprint density at radius 3 is 2.76 bits per heavy atom. The highest BCUT2D eigenvalue weighted by molar-refractivity contribution is 5.93. The fourth-order valence-electron chi connectivity index (χ4n) is 3.72. The summed E-state index contributed by atoms with van der Waals surface area (Å²) in [6.45, 7) is 4.69. The average molecular weight is 343 g/mol. The van der Waals surface area contributed by atoms with Gasteiger partial charge in [-0.3, -0.25) is 9.59 Å². The van der Waals surface area contributed by atoms with Crippen LogP contribution in [0, 0.1) is 5.92 Å². The largest absolute Gasteiger partial charge is 0.352 e. The van der Waals surface area contributed by atoms with Crippen LogP contribution in [0.2, 0.25) is 0 Å². The lowest BCUT2D eigenvalue weighted by molar-refractivity contribution is -0.121. The first-order valence-electron chi connectivity index (χ1n) is 9.46. The summed E-state index contributed by atoms with van der Waals surface area (Å²) in [7, 11) is 0. The van der Waals surface area contributed by atoms with Crippen LogP contribution in [0.5, 0.6) is 0 Å². The highest BCUT2D eigenvalue weighted by Crippen LogP contribution is 2.26. The normalized spacial score (nSPS) is 24.2. The summed E-state index contributed by atoms with van der Waals surface area (Å²) < 4.78 is 0. The molecule has 2 aliphatic rings. The molecular weight excluding hydrogens is 314 g/mol. The van der Waals surface area contributed by atoms with Gasteiger partial charge in [0.25, 0.3) is 0 Å². The van der Waals surface area contributed by atoms with Gasteiger partial charge in [-0.25, -0.2) is 0 Å².